The fourth-order valence-corrected chi connectivity index (χ4v) is 4.75. The second kappa shape index (κ2) is 12.3. The second-order valence-corrected chi connectivity index (χ2v) is 8.89. The summed E-state index contributed by atoms with van der Waals surface area (Å²) in [7, 11) is 3.33. The van der Waals surface area contributed by atoms with E-state index in [1.54, 1.807) is 14.2 Å². The predicted octanol–water partition coefficient (Wildman–Crippen LogP) is 5.46. The van der Waals surface area contributed by atoms with E-state index < -0.39 is 6.09 Å². The Kier molecular flexibility index (Phi) is 8.68. The van der Waals surface area contributed by atoms with Crippen molar-refractivity contribution < 1.29 is 19.4 Å². The molecule has 1 aliphatic rings. The first kappa shape index (κ1) is 25.4. The van der Waals surface area contributed by atoms with Crippen molar-refractivity contribution >= 4 is 17.5 Å². The molecule has 1 N–H and O–H groups in total. The van der Waals surface area contributed by atoms with Crippen LogP contribution in [0.3, 0.4) is 0 Å². The van der Waals surface area contributed by atoms with Crippen LogP contribution < -0.4 is 19.3 Å². The topological polar surface area (TPSA) is 65.5 Å². The fraction of sp³-hybridized carbons (Fsp3) is 0.345. The van der Waals surface area contributed by atoms with E-state index in [9.17, 15) is 9.90 Å². The van der Waals surface area contributed by atoms with Crippen LogP contribution in [0.25, 0.3) is 11.1 Å². The van der Waals surface area contributed by atoms with Crippen molar-refractivity contribution in [3.8, 4) is 22.6 Å². The number of nitrogens with zero attached hydrogens (tertiary/aromatic N) is 3. The third-order valence-corrected chi connectivity index (χ3v) is 6.72. The van der Waals surface area contributed by atoms with Crippen LogP contribution in [0.4, 0.5) is 16.2 Å². The predicted molar refractivity (Wildman–Crippen MR) is 145 cm³/mol. The first-order chi connectivity index (χ1) is 17.6. The number of carboxylic acid groups (broad SMARTS) is 1. The maximum Gasteiger partial charge on any atom is 0.411 e. The van der Waals surface area contributed by atoms with Crippen LogP contribution in [-0.4, -0.2) is 69.6 Å². The lowest BCUT2D eigenvalue weighted by Gasteiger charge is -2.36. The Morgan fingerprint density at radius 2 is 1.56 bits per heavy atom. The molecule has 1 amide bonds. The normalized spacial score (nSPS) is 13.9. The molecule has 36 heavy (non-hydrogen) atoms. The van der Waals surface area contributed by atoms with Crippen LogP contribution in [0.15, 0.2) is 72.8 Å². The molecule has 0 unspecified atom stereocenters. The van der Waals surface area contributed by atoms with Crippen molar-refractivity contribution in [3.05, 3.63) is 72.8 Å². The first-order valence-electron chi connectivity index (χ1n) is 12.4. The number of anilines is 2. The molecule has 0 aliphatic carbocycles. The Morgan fingerprint density at radius 1 is 0.861 bits per heavy atom. The number of benzene rings is 3. The third kappa shape index (κ3) is 6.10. The monoisotopic (exact) mass is 489 g/mol. The minimum atomic E-state index is -0.949. The molecule has 7 nitrogen and oxygen atoms in total. The van der Waals surface area contributed by atoms with Gasteiger partial charge in [0.1, 0.15) is 11.5 Å². The maximum absolute atomic E-state index is 12.0. The van der Waals surface area contributed by atoms with Gasteiger partial charge in [0.05, 0.1) is 25.6 Å². The SMILES string of the molecule is COc1cc(N(CCCCN2CCN(c3ccccc3OC)CC2)C(=O)O)ccc1-c1ccccc1. The molecule has 0 aromatic heterocycles. The Hall–Kier alpha value is -3.71. The highest BCUT2D eigenvalue weighted by Crippen LogP contribution is 2.34. The van der Waals surface area contributed by atoms with Crippen molar-refractivity contribution in [2.45, 2.75) is 12.8 Å². The highest BCUT2D eigenvalue weighted by atomic mass is 16.5. The average molecular weight is 490 g/mol. The smallest absolute Gasteiger partial charge is 0.411 e. The standard InChI is InChI=1S/C29H35N3O4/c1-35-27-13-7-6-12-26(27)31-20-18-30(19-21-31)16-8-9-17-32(29(33)34)24-14-15-25(28(22-24)36-2)23-10-4-3-5-11-23/h3-7,10-15,22H,8-9,16-21H2,1-2H3,(H,33,34). The van der Waals surface area contributed by atoms with Gasteiger partial charge in [0.25, 0.3) is 0 Å². The average Bonchev–Trinajstić information content (AvgIpc) is 2.93. The van der Waals surface area contributed by atoms with Crippen molar-refractivity contribution in [1.29, 1.82) is 0 Å². The van der Waals surface area contributed by atoms with Crippen LogP contribution in [-0.2, 0) is 0 Å². The van der Waals surface area contributed by atoms with E-state index in [2.05, 4.69) is 15.9 Å². The van der Waals surface area contributed by atoms with E-state index in [1.807, 2.05) is 66.7 Å². The van der Waals surface area contributed by atoms with E-state index >= 15 is 0 Å². The number of hydrogen-bond donors (Lipinski definition) is 1. The van der Waals surface area contributed by atoms with Gasteiger partial charge in [0.15, 0.2) is 0 Å². The Bertz CT molecular complexity index is 1130. The molecule has 1 saturated heterocycles. The van der Waals surface area contributed by atoms with Crippen LogP contribution in [0.2, 0.25) is 0 Å². The fourth-order valence-electron chi connectivity index (χ4n) is 4.75. The highest BCUT2D eigenvalue weighted by molar-refractivity contribution is 5.87. The molecule has 7 heteroatoms. The molecular weight excluding hydrogens is 454 g/mol. The van der Waals surface area contributed by atoms with Gasteiger partial charge in [0.2, 0.25) is 0 Å². The van der Waals surface area contributed by atoms with Gasteiger partial charge < -0.3 is 19.5 Å². The molecule has 3 aromatic carbocycles. The number of ether oxygens (including phenoxy) is 2. The van der Waals surface area contributed by atoms with Crippen LogP contribution in [0.5, 0.6) is 11.5 Å². The first-order valence-corrected chi connectivity index (χ1v) is 12.4. The summed E-state index contributed by atoms with van der Waals surface area (Å²) < 4.78 is 11.1. The molecule has 0 radical (unpaired) electrons. The summed E-state index contributed by atoms with van der Waals surface area (Å²) in [6.07, 6.45) is 0.786. The van der Waals surface area contributed by atoms with Gasteiger partial charge in [-0.15, -0.1) is 0 Å². The zero-order chi connectivity index (χ0) is 25.3. The van der Waals surface area contributed by atoms with Gasteiger partial charge in [-0.1, -0.05) is 42.5 Å². The van der Waals surface area contributed by atoms with Gasteiger partial charge in [-0.2, -0.15) is 0 Å². The summed E-state index contributed by atoms with van der Waals surface area (Å²) in [5.74, 6) is 1.58. The summed E-state index contributed by atoms with van der Waals surface area (Å²) in [6.45, 7) is 5.29. The van der Waals surface area contributed by atoms with Gasteiger partial charge in [-0.05, 0) is 49.2 Å². The van der Waals surface area contributed by atoms with Crippen molar-refractivity contribution in [2.24, 2.45) is 0 Å². The lowest BCUT2D eigenvalue weighted by Crippen LogP contribution is -2.46. The van der Waals surface area contributed by atoms with Gasteiger partial charge in [-0.25, -0.2) is 4.79 Å². The minimum absolute atomic E-state index is 0.449. The highest BCUT2D eigenvalue weighted by Gasteiger charge is 2.20. The van der Waals surface area contributed by atoms with Crippen LogP contribution in [0, 0.1) is 0 Å². The molecule has 0 bridgehead atoms. The number of piperazine rings is 1. The molecule has 190 valence electrons. The molecule has 1 aliphatic heterocycles. The zero-order valence-corrected chi connectivity index (χ0v) is 21.1. The maximum atomic E-state index is 12.0. The molecular formula is C29H35N3O4. The lowest BCUT2D eigenvalue weighted by atomic mass is 10.0. The van der Waals surface area contributed by atoms with E-state index in [0.717, 1.165) is 68.1 Å². The van der Waals surface area contributed by atoms with Gasteiger partial charge in [-0.3, -0.25) is 9.80 Å². The Morgan fingerprint density at radius 3 is 2.25 bits per heavy atom. The quantitative estimate of drug-likeness (QED) is 0.382. The number of hydrogen-bond acceptors (Lipinski definition) is 5. The number of methoxy groups -OCH3 is 2. The van der Waals surface area contributed by atoms with Crippen LogP contribution >= 0.6 is 0 Å². The number of para-hydroxylation sites is 2. The van der Waals surface area contributed by atoms with Crippen molar-refractivity contribution in [2.75, 3.05) is 63.3 Å². The van der Waals surface area contributed by atoms with Gasteiger partial charge >= 0.3 is 6.09 Å². The summed E-state index contributed by atoms with van der Waals surface area (Å²) in [5.41, 5.74) is 3.75. The lowest BCUT2D eigenvalue weighted by molar-refractivity contribution is 0.201. The molecule has 3 aromatic rings. The van der Waals surface area contributed by atoms with Crippen molar-refractivity contribution in [3.63, 3.8) is 0 Å². The van der Waals surface area contributed by atoms with Crippen LogP contribution in [0.1, 0.15) is 12.8 Å². The number of amides is 1. The third-order valence-electron chi connectivity index (χ3n) is 6.72. The summed E-state index contributed by atoms with van der Waals surface area (Å²) in [4.78, 5) is 18.3. The zero-order valence-electron chi connectivity index (χ0n) is 21.1. The molecule has 0 spiro atoms. The second-order valence-electron chi connectivity index (χ2n) is 8.89. The number of unbranched alkanes of at least 4 members (excludes halogenated alkanes) is 1. The van der Waals surface area contributed by atoms with E-state index in [1.165, 1.54) is 4.90 Å². The Labute approximate surface area is 213 Å². The van der Waals surface area contributed by atoms with Crippen molar-refractivity contribution in [1.82, 2.24) is 4.90 Å². The molecule has 0 atom stereocenters. The minimum Gasteiger partial charge on any atom is -0.496 e. The van der Waals surface area contributed by atoms with E-state index in [0.29, 0.717) is 18.0 Å². The molecule has 1 heterocycles. The van der Waals surface area contributed by atoms with E-state index in [-0.39, 0.29) is 0 Å². The number of rotatable bonds is 10. The summed E-state index contributed by atoms with van der Waals surface area (Å²) in [6, 6.07) is 23.7. The molecule has 1 fully saturated rings. The number of carbonyl (C=O) groups is 1. The summed E-state index contributed by atoms with van der Waals surface area (Å²) in [5, 5.41) is 9.86. The Balaban J connectivity index is 1.29. The molecule has 0 saturated carbocycles. The van der Waals surface area contributed by atoms with Gasteiger partial charge in [0, 0.05) is 44.4 Å². The largest absolute Gasteiger partial charge is 0.496 e. The molecule has 4 rings (SSSR count). The van der Waals surface area contributed by atoms with E-state index in [4.69, 9.17) is 9.47 Å². The summed E-state index contributed by atoms with van der Waals surface area (Å²) >= 11 is 0.